The summed E-state index contributed by atoms with van der Waals surface area (Å²) in [6, 6.07) is 6.40. The third-order valence-electron chi connectivity index (χ3n) is 4.10. The van der Waals surface area contributed by atoms with Gasteiger partial charge in [-0.2, -0.15) is 0 Å². The Balaban J connectivity index is 2.27. The molecule has 1 saturated heterocycles. The lowest BCUT2D eigenvalue weighted by Crippen LogP contribution is -2.26. The van der Waals surface area contributed by atoms with Crippen molar-refractivity contribution < 1.29 is 0 Å². The van der Waals surface area contributed by atoms with Gasteiger partial charge >= 0.3 is 0 Å². The van der Waals surface area contributed by atoms with Gasteiger partial charge in [0.15, 0.2) is 0 Å². The van der Waals surface area contributed by atoms with Gasteiger partial charge in [-0.25, -0.2) is 0 Å². The molecule has 1 atom stereocenters. The molecule has 0 spiro atoms. The first-order valence-electron chi connectivity index (χ1n) is 7.21. The molecule has 0 amide bonds. The van der Waals surface area contributed by atoms with Gasteiger partial charge in [0.2, 0.25) is 0 Å². The lowest BCUT2D eigenvalue weighted by Gasteiger charge is -2.25. The molecule has 1 aliphatic rings. The second-order valence-corrected chi connectivity index (χ2v) is 6.85. The van der Waals surface area contributed by atoms with E-state index in [-0.39, 0.29) is 6.04 Å². The summed E-state index contributed by atoms with van der Waals surface area (Å²) in [6.07, 6.45) is 3.08. The Morgan fingerprint density at radius 1 is 1.42 bits per heavy atom. The van der Waals surface area contributed by atoms with Crippen molar-refractivity contribution in [1.82, 2.24) is 0 Å². The predicted octanol–water partition coefficient (Wildman–Crippen LogP) is 3.86. The molecular formula is C16H25ClN2. The Morgan fingerprint density at radius 2 is 2.16 bits per heavy atom. The molecular weight excluding hydrogens is 256 g/mol. The minimum atomic E-state index is 0.189. The van der Waals surface area contributed by atoms with E-state index in [1.807, 2.05) is 12.1 Å². The van der Waals surface area contributed by atoms with Crippen molar-refractivity contribution in [2.75, 3.05) is 18.0 Å². The fraction of sp³-hybridized carbons (Fsp3) is 0.625. The van der Waals surface area contributed by atoms with Gasteiger partial charge < -0.3 is 10.6 Å². The summed E-state index contributed by atoms with van der Waals surface area (Å²) >= 11 is 6.40. The lowest BCUT2D eigenvalue weighted by atomic mass is 9.93. The van der Waals surface area contributed by atoms with Gasteiger partial charge in [0.1, 0.15) is 0 Å². The molecule has 0 aliphatic carbocycles. The largest absolute Gasteiger partial charge is 0.371 e. The summed E-state index contributed by atoms with van der Waals surface area (Å²) in [5.41, 5.74) is 9.01. The standard InChI is InChI=1S/C16H25ClN2/c1-4-12(18)10-13-14(17)6-5-7-15(13)19-9-8-16(2,3)11-19/h5-7,12H,4,8-11,18H2,1-3H3. The molecule has 19 heavy (non-hydrogen) atoms. The fourth-order valence-electron chi connectivity index (χ4n) is 2.77. The molecule has 1 aromatic carbocycles. The van der Waals surface area contributed by atoms with Crippen molar-refractivity contribution in [2.24, 2.45) is 11.1 Å². The Kier molecular flexibility index (Phi) is 4.42. The monoisotopic (exact) mass is 280 g/mol. The first kappa shape index (κ1) is 14.7. The zero-order valence-corrected chi connectivity index (χ0v) is 13.0. The van der Waals surface area contributed by atoms with Crippen LogP contribution < -0.4 is 10.6 Å². The summed E-state index contributed by atoms with van der Waals surface area (Å²) in [5, 5.41) is 0.853. The Hall–Kier alpha value is -0.730. The SMILES string of the molecule is CCC(N)Cc1c(Cl)cccc1N1CCC(C)(C)C1. The normalized spacial score (nSPS) is 19.7. The number of benzene rings is 1. The van der Waals surface area contributed by atoms with Crippen LogP contribution in [0.5, 0.6) is 0 Å². The molecule has 1 heterocycles. The van der Waals surface area contributed by atoms with Gasteiger partial charge in [-0.3, -0.25) is 0 Å². The third kappa shape index (κ3) is 3.43. The van der Waals surface area contributed by atoms with Crippen LogP contribution in [-0.2, 0) is 6.42 Å². The number of nitrogens with zero attached hydrogens (tertiary/aromatic N) is 1. The van der Waals surface area contributed by atoms with Gasteiger partial charge in [-0.15, -0.1) is 0 Å². The molecule has 3 heteroatoms. The quantitative estimate of drug-likeness (QED) is 0.907. The summed E-state index contributed by atoms with van der Waals surface area (Å²) in [7, 11) is 0. The van der Waals surface area contributed by atoms with E-state index in [1.54, 1.807) is 0 Å². The number of hydrogen-bond acceptors (Lipinski definition) is 2. The molecule has 1 fully saturated rings. The molecule has 2 nitrogen and oxygen atoms in total. The highest BCUT2D eigenvalue weighted by molar-refractivity contribution is 6.31. The molecule has 1 unspecified atom stereocenters. The molecule has 0 aromatic heterocycles. The highest BCUT2D eigenvalue weighted by Gasteiger charge is 2.30. The highest BCUT2D eigenvalue weighted by atomic mass is 35.5. The van der Waals surface area contributed by atoms with Crippen molar-refractivity contribution in [3.05, 3.63) is 28.8 Å². The summed E-state index contributed by atoms with van der Waals surface area (Å²) < 4.78 is 0. The number of rotatable bonds is 4. The number of nitrogens with two attached hydrogens (primary N) is 1. The molecule has 2 rings (SSSR count). The van der Waals surface area contributed by atoms with E-state index in [0.717, 1.165) is 31.0 Å². The van der Waals surface area contributed by atoms with Crippen molar-refractivity contribution in [1.29, 1.82) is 0 Å². The van der Waals surface area contributed by atoms with Crippen LogP contribution in [0, 0.1) is 5.41 Å². The van der Waals surface area contributed by atoms with E-state index in [2.05, 4.69) is 31.7 Å². The van der Waals surface area contributed by atoms with Crippen LogP contribution in [0.25, 0.3) is 0 Å². The van der Waals surface area contributed by atoms with E-state index in [1.165, 1.54) is 17.7 Å². The van der Waals surface area contributed by atoms with Crippen molar-refractivity contribution >= 4 is 17.3 Å². The van der Waals surface area contributed by atoms with E-state index < -0.39 is 0 Å². The second-order valence-electron chi connectivity index (χ2n) is 6.45. The van der Waals surface area contributed by atoms with Crippen LogP contribution >= 0.6 is 11.6 Å². The summed E-state index contributed by atoms with van der Waals surface area (Å²) in [6.45, 7) is 8.99. The second kappa shape index (κ2) is 5.72. The van der Waals surface area contributed by atoms with Gasteiger partial charge in [-0.1, -0.05) is 38.4 Å². The molecule has 2 N–H and O–H groups in total. The predicted molar refractivity (Wildman–Crippen MR) is 84.0 cm³/mol. The van der Waals surface area contributed by atoms with Crippen LogP contribution in [-0.4, -0.2) is 19.1 Å². The van der Waals surface area contributed by atoms with Gasteiger partial charge in [-0.05, 0) is 42.4 Å². The smallest absolute Gasteiger partial charge is 0.0459 e. The zero-order chi connectivity index (χ0) is 14.0. The molecule has 0 saturated carbocycles. The van der Waals surface area contributed by atoms with Crippen molar-refractivity contribution in [2.45, 2.75) is 46.1 Å². The zero-order valence-electron chi connectivity index (χ0n) is 12.2. The Morgan fingerprint density at radius 3 is 2.74 bits per heavy atom. The van der Waals surface area contributed by atoms with E-state index in [0.29, 0.717) is 5.41 Å². The average molecular weight is 281 g/mol. The first-order valence-corrected chi connectivity index (χ1v) is 7.58. The maximum absolute atomic E-state index is 6.40. The average Bonchev–Trinajstić information content (AvgIpc) is 2.72. The van der Waals surface area contributed by atoms with Crippen LogP contribution in [0.15, 0.2) is 18.2 Å². The van der Waals surface area contributed by atoms with E-state index in [4.69, 9.17) is 17.3 Å². The van der Waals surface area contributed by atoms with Gasteiger partial charge in [0.05, 0.1) is 0 Å². The summed E-state index contributed by atoms with van der Waals surface area (Å²) in [5.74, 6) is 0. The summed E-state index contributed by atoms with van der Waals surface area (Å²) in [4.78, 5) is 2.46. The minimum absolute atomic E-state index is 0.189. The maximum Gasteiger partial charge on any atom is 0.0459 e. The van der Waals surface area contributed by atoms with E-state index in [9.17, 15) is 0 Å². The fourth-order valence-corrected chi connectivity index (χ4v) is 3.02. The molecule has 1 aliphatic heterocycles. The topological polar surface area (TPSA) is 29.3 Å². The Labute approximate surface area is 121 Å². The van der Waals surface area contributed by atoms with Gasteiger partial charge in [0.25, 0.3) is 0 Å². The van der Waals surface area contributed by atoms with Crippen molar-refractivity contribution in [3.63, 3.8) is 0 Å². The van der Waals surface area contributed by atoms with Crippen LogP contribution in [0.1, 0.15) is 39.2 Å². The number of hydrogen-bond donors (Lipinski definition) is 1. The molecule has 0 bridgehead atoms. The van der Waals surface area contributed by atoms with Crippen LogP contribution in [0.3, 0.4) is 0 Å². The van der Waals surface area contributed by atoms with Crippen molar-refractivity contribution in [3.8, 4) is 0 Å². The Bertz CT molecular complexity index is 442. The highest BCUT2D eigenvalue weighted by Crippen LogP contribution is 2.36. The van der Waals surface area contributed by atoms with E-state index >= 15 is 0 Å². The molecule has 106 valence electrons. The number of halogens is 1. The molecule has 1 aromatic rings. The van der Waals surface area contributed by atoms with Crippen LogP contribution in [0.2, 0.25) is 5.02 Å². The first-order chi connectivity index (χ1) is 8.93. The third-order valence-corrected chi connectivity index (χ3v) is 4.46. The van der Waals surface area contributed by atoms with Gasteiger partial charge in [0, 0.05) is 29.8 Å². The minimum Gasteiger partial charge on any atom is -0.371 e. The molecule has 0 radical (unpaired) electrons. The number of anilines is 1. The maximum atomic E-state index is 6.40. The van der Waals surface area contributed by atoms with Crippen LogP contribution in [0.4, 0.5) is 5.69 Å². The lowest BCUT2D eigenvalue weighted by molar-refractivity contribution is 0.418.